The number of hydrogen-bond acceptors (Lipinski definition) is 3. The number of benzene rings is 1. The topological polar surface area (TPSA) is 46.2 Å². The van der Waals surface area contributed by atoms with Crippen LogP contribution in [0.4, 0.5) is 5.69 Å². The van der Waals surface area contributed by atoms with E-state index in [1.54, 1.807) is 18.2 Å². The van der Waals surface area contributed by atoms with Crippen molar-refractivity contribution in [2.45, 2.75) is 37.1 Å². The van der Waals surface area contributed by atoms with Gasteiger partial charge in [0.15, 0.2) is 9.84 Å². The van der Waals surface area contributed by atoms with Gasteiger partial charge in [0.05, 0.1) is 4.90 Å². The minimum atomic E-state index is -3.11. The van der Waals surface area contributed by atoms with E-state index in [1.165, 1.54) is 25.5 Å². The molecule has 0 heterocycles. The average Bonchev–Trinajstić information content (AvgIpc) is 2.64. The highest BCUT2D eigenvalue weighted by Crippen LogP contribution is 2.28. The Morgan fingerprint density at radius 3 is 2.65 bits per heavy atom. The maximum atomic E-state index is 11.5. The van der Waals surface area contributed by atoms with Gasteiger partial charge in [-0.1, -0.05) is 19.4 Å². The Morgan fingerprint density at radius 2 is 2.06 bits per heavy atom. The summed E-state index contributed by atoms with van der Waals surface area (Å²) in [5.74, 6) is 0.664. The quantitative estimate of drug-likeness (QED) is 0.901. The van der Waals surface area contributed by atoms with Crippen LogP contribution in [0, 0.1) is 5.92 Å². The molecule has 0 spiro atoms. The zero-order valence-corrected chi connectivity index (χ0v) is 11.1. The number of anilines is 1. The fourth-order valence-corrected chi connectivity index (χ4v) is 3.06. The maximum absolute atomic E-state index is 11.5. The molecule has 17 heavy (non-hydrogen) atoms. The molecule has 2 atom stereocenters. The molecule has 1 aromatic rings. The summed E-state index contributed by atoms with van der Waals surface area (Å²) in [6, 6.07) is 7.56. The molecule has 0 aromatic heterocycles. The highest BCUT2D eigenvalue weighted by molar-refractivity contribution is 7.90. The normalized spacial score (nSPS) is 24.8. The summed E-state index contributed by atoms with van der Waals surface area (Å²) in [6.45, 7) is 2.24. The fraction of sp³-hybridized carbons (Fsp3) is 0.538. The molecular weight excluding hydrogens is 234 g/mol. The summed E-state index contributed by atoms with van der Waals surface area (Å²) in [4.78, 5) is 0.383. The van der Waals surface area contributed by atoms with Crippen LogP contribution in [0.1, 0.15) is 26.2 Å². The van der Waals surface area contributed by atoms with Gasteiger partial charge in [0.25, 0.3) is 0 Å². The van der Waals surface area contributed by atoms with Crippen LogP contribution in [0.2, 0.25) is 0 Å². The van der Waals surface area contributed by atoms with Crippen molar-refractivity contribution in [2.24, 2.45) is 5.92 Å². The SMILES string of the molecule is CC1CCCC1Nc1cccc(S(C)(=O)=O)c1. The molecule has 1 aromatic carbocycles. The molecule has 1 N–H and O–H groups in total. The summed E-state index contributed by atoms with van der Waals surface area (Å²) in [7, 11) is -3.11. The van der Waals surface area contributed by atoms with E-state index in [1.807, 2.05) is 6.07 Å². The van der Waals surface area contributed by atoms with Crippen LogP contribution in [0.15, 0.2) is 29.2 Å². The molecule has 3 nitrogen and oxygen atoms in total. The van der Waals surface area contributed by atoms with Gasteiger partial charge in [0.1, 0.15) is 0 Å². The van der Waals surface area contributed by atoms with Crippen molar-refractivity contribution < 1.29 is 8.42 Å². The molecule has 0 amide bonds. The van der Waals surface area contributed by atoms with Crippen molar-refractivity contribution in [1.82, 2.24) is 0 Å². The molecule has 4 heteroatoms. The van der Waals surface area contributed by atoms with Crippen molar-refractivity contribution in [3.8, 4) is 0 Å². The molecule has 0 radical (unpaired) electrons. The number of hydrogen-bond donors (Lipinski definition) is 1. The Hall–Kier alpha value is -1.03. The summed E-state index contributed by atoms with van der Waals surface area (Å²) < 4.78 is 22.9. The number of rotatable bonds is 3. The van der Waals surface area contributed by atoms with Crippen LogP contribution in [-0.2, 0) is 9.84 Å². The van der Waals surface area contributed by atoms with Crippen molar-refractivity contribution in [1.29, 1.82) is 0 Å². The molecular formula is C13H19NO2S. The van der Waals surface area contributed by atoms with Gasteiger partial charge in [-0.2, -0.15) is 0 Å². The molecule has 1 aliphatic carbocycles. The fourth-order valence-electron chi connectivity index (χ4n) is 2.39. The van der Waals surface area contributed by atoms with Gasteiger partial charge in [0, 0.05) is 18.0 Å². The maximum Gasteiger partial charge on any atom is 0.175 e. The predicted octanol–water partition coefficient (Wildman–Crippen LogP) is 2.69. The predicted molar refractivity (Wildman–Crippen MR) is 70.0 cm³/mol. The molecule has 2 unspecified atom stereocenters. The number of sulfone groups is 1. The standard InChI is InChI=1S/C13H19NO2S/c1-10-5-3-8-13(10)14-11-6-4-7-12(9-11)17(2,15)16/h4,6-7,9-10,13-14H,3,5,8H2,1-2H3. The molecule has 0 saturated heterocycles. The van der Waals surface area contributed by atoms with Gasteiger partial charge in [-0.3, -0.25) is 0 Å². The lowest BCUT2D eigenvalue weighted by Crippen LogP contribution is -2.21. The molecule has 1 saturated carbocycles. The third-order valence-corrected chi connectivity index (χ3v) is 4.59. The minimum Gasteiger partial charge on any atom is -0.382 e. The van der Waals surface area contributed by atoms with Crippen LogP contribution in [-0.4, -0.2) is 20.7 Å². The van der Waals surface area contributed by atoms with Crippen LogP contribution in [0.3, 0.4) is 0 Å². The Morgan fingerprint density at radius 1 is 1.29 bits per heavy atom. The van der Waals surface area contributed by atoms with Crippen LogP contribution in [0.5, 0.6) is 0 Å². The summed E-state index contributed by atoms with van der Waals surface area (Å²) >= 11 is 0. The molecule has 2 rings (SSSR count). The molecule has 94 valence electrons. The van der Waals surface area contributed by atoms with E-state index >= 15 is 0 Å². The highest BCUT2D eigenvalue weighted by Gasteiger charge is 2.23. The van der Waals surface area contributed by atoms with Gasteiger partial charge in [-0.05, 0) is 37.0 Å². The molecule has 0 bridgehead atoms. The third-order valence-electron chi connectivity index (χ3n) is 3.48. The van der Waals surface area contributed by atoms with Crippen LogP contribution < -0.4 is 5.32 Å². The molecule has 1 fully saturated rings. The molecule has 1 aliphatic rings. The zero-order valence-electron chi connectivity index (χ0n) is 10.3. The third kappa shape index (κ3) is 3.00. The lowest BCUT2D eigenvalue weighted by Gasteiger charge is -2.19. The summed E-state index contributed by atoms with van der Waals surface area (Å²) in [5, 5.41) is 3.44. The second kappa shape index (κ2) is 4.69. The largest absolute Gasteiger partial charge is 0.382 e. The Labute approximate surface area is 103 Å². The summed E-state index contributed by atoms with van der Waals surface area (Å²) in [6.07, 6.45) is 4.92. The first-order valence-electron chi connectivity index (χ1n) is 6.03. The van der Waals surface area contributed by atoms with Gasteiger partial charge in [-0.25, -0.2) is 8.42 Å². The highest BCUT2D eigenvalue weighted by atomic mass is 32.2. The zero-order chi connectivity index (χ0) is 12.5. The van der Waals surface area contributed by atoms with E-state index in [0.29, 0.717) is 16.9 Å². The van der Waals surface area contributed by atoms with E-state index in [4.69, 9.17) is 0 Å². The number of nitrogens with one attached hydrogen (secondary N) is 1. The molecule has 0 aliphatic heterocycles. The van der Waals surface area contributed by atoms with Gasteiger partial charge < -0.3 is 5.32 Å². The van der Waals surface area contributed by atoms with Crippen LogP contribution in [0.25, 0.3) is 0 Å². The van der Waals surface area contributed by atoms with Crippen molar-refractivity contribution >= 4 is 15.5 Å². The summed E-state index contributed by atoms with van der Waals surface area (Å²) in [5.41, 5.74) is 0.909. The monoisotopic (exact) mass is 253 g/mol. The van der Waals surface area contributed by atoms with E-state index in [9.17, 15) is 8.42 Å². The Balaban J connectivity index is 2.17. The van der Waals surface area contributed by atoms with Crippen LogP contribution >= 0.6 is 0 Å². The lowest BCUT2D eigenvalue weighted by molar-refractivity contribution is 0.556. The Kier molecular flexibility index (Phi) is 3.43. The van der Waals surface area contributed by atoms with Gasteiger partial charge in [0.2, 0.25) is 0 Å². The van der Waals surface area contributed by atoms with E-state index in [2.05, 4.69) is 12.2 Å². The Bertz CT molecular complexity index is 496. The average molecular weight is 253 g/mol. The van der Waals surface area contributed by atoms with E-state index < -0.39 is 9.84 Å². The van der Waals surface area contributed by atoms with E-state index in [-0.39, 0.29) is 0 Å². The van der Waals surface area contributed by atoms with Crippen molar-refractivity contribution in [3.05, 3.63) is 24.3 Å². The first kappa shape index (κ1) is 12.4. The lowest BCUT2D eigenvalue weighted by atomic mass is 10.1. The van der Waals surface area contributed by atoms with Gasteiger partial charge >= 0.3 is 0 Å². The second-order valence-corrected chi connectivity index (χ2v) is 6.97. The minimum absolute atomic E-state index is 0.383. The van der Waals surface area contributed by atoms with E-state index in [0.717, 1.165) is 5.69 Å². The smallest absolute Gasteiger partial charge is 0.175 e. The second-order valence-electron chi connectivity index (χ2n) is 4.96. The van der Waals surface area contributed by atoms with Gasteiger partial charge in [-0.15, -0.1) is 0 Å². The first-order valence-corrected chi connectivity index (χ1v) is 7.92. The first-order chi connectivity index (χ1) is 7.97. The van der Waals surface area contributed by atoms with Crippen molar-refractivity contribution in [3.63, 3.8) is 0 Å². The van der Waals surface area contributed by atoms with Crippen molar-refractivity contribution in [2.75, 3.05) is 11.6 Å².